The maximum atomic E-state index is 13.3. The van der Waals surface area contributed by atoms with E-state index in [2.05, 4.69) is 5.32 Å². The van der Waals surface area contributed by atoms with Gasteiger partial charge in [-0.1, -0.05) is 6.07 Å². The molecular weight excluding hydrogens is 303 g/mol. The van der Waals surface area contributed by atoms with Crippen LogP contribution in [0.2, 0.25) is 0 Å². The Bertz CT molecular complexity index is 855. The van der Waals surface area contributed by atoms with Crippen LogP contribution in [0, 0.1) is 24.1 Å². The van der Waals surface area contributed by atoms with Crippen LogP contribution in [-0.4, -0.2) is 14.7 Å². The Morgan fingerprint density at radius 3 is 2.55 bits per heavy atom. The number of halogens is 1. The second kappa shape index (κ2) is 6.16. The molecule has 0 radical (unpaired) electrons. The maximum Gasteiger partial charge on any atom is 0.175 e. The van der Waals surface area contributed by atoms with Crippen molar-refractivity contribution in [3.05, 3.63) is 58.9 Å². The highest BCUT2D eigenvalue weighted by molar-refractivity contribution is 7.90. The predicted molar refractivity (Wildman–Crippen MR) is 82.7 cm³/mol. The van der Waals surface area contributed by atoms with E-state index in [4.69, 9.17) is 5.26 Å². The number of aryl methyl sites for hydroxylation is 1. The molecule has 0 saturated heterocycles. The molecular formula is C16H15FN2O2S. The number of benzene rings is 2. The van der Waals surface area contributed by atoms with Crippen LogP contribution in [0.5, 0.6) is 0 Å². The molecule has 22 heavy (non-hydrogen) atoms. The third-order valence-corrected chi connectivity index (χ3v) is 4.37. The second-order valence-corrected chi connectivity index (χ2v) is 7.04. The number of nitrogens with zero attached hydrogens (tertiary/aromatic N) is 1. The molecule has 0 saturated carbocycles. The van der Waals surface area contributed by atoms with Gasteiger partial charge in [0, 0.05) is 18.5 Å². The zero-order chi connectivity index (χ0) is 16.3. The van der Waals surface area contributed by atoms with Gasteiger partial charge < -0.3 is 5.32 Å². The molecule has 0 atom stereocenters. The summed E-state index contributed by atoms with van der Waals surface area (Å²) < 4.78 is 36.2. The zero-order valence-corrected chi connectivity index (χ0v) is 13.0. The summed E-state index contributed by atoms with van der Waals surface area (Å²) in [7, 11) is -3.23. The van der Waals surface area contributed by atoms with E-state index in [1.165, 1.54) is 18.2 Å². The summed E-state index contributed by atoms with van der Waals surface area (Å²) in [4.78, 5) is 0.268. The molecule has 114 valence electrons. The van der Waals surface area contributed by atoms with Crippen LogP contribution in [0.15, 0.2) is 41.3 Å². The summed E-state index contributed by atoms with van der Waals surface area (Å²) in [5.41, 5.74) is 2.36. The van der Waals surface area contributed by atoms with Crippen molar-refractivity contribution in [1.82, 2.24) is 0 Å². The van der Waals surface area contributed by atoms with Crippen LogP contribution in [0.1, 0.15) is 16.7 Å². The van der Waals surface area contributed by atoms with Gasteiger partial charge in [0.2, 0.25) is 0 Å². The lowest BCUT2D eigenvalue weighted by molar-refractivity contribution is 0.602. The molecule has 0 aliphatic heterocycles. The molecule has 0 aliphatic carbocycles. The smallest absolute Gasteiger partial charge is 0.175 e. The molecule has 4 nitrogen and oxygen atoms in total. The lowest BCUT2D eigenvalue weighted by Gasteiger charge is -2.11. The first-order valence-corrected chi connectivity index (χ1v) is 8.43. The maximum absolute atomic E-state index is 13.3. The number of nitriles is 1. The lowest BCUT2D eigenvalue weighted by atomic mass is 10.1. The van der Waals surface area contributed by atoms with Crippen LogP contribution >= 0.6 is 0 Å². The lowest BCUT2D eigenvalue weighted by Crippen LogP contribution is -2.03. The fraction of sp³-hybridized carbons (Fsp3) is 0.188. The monoisotopic (exact) mass is 318 g/mol. The zero-order valence-electron chi connectivity index (χ0n) is 12.2. The van der Waals surface area contributed by atoms with Crippen molar-refractivity contribution in [2.24, 2.45) is 0 Å². The Kier molecular flexibility index (Phi) is 4.48. The fourth-order valence-corrected chi connectivity index (χ4v) is 2.74. The van der Waals surface area contributed by atoms with Crippen molar-refractivity contribution >= 4 is 15.5 Å². The number of nitrogens with one attached hydrogen (secondary N) is 1. The van der Waals surface area contributed by atoms with E-state index in [-0.39, 0.29) is 10.5 Å². The molecule has 2 rings (SSSR count). The molecule has 0 aromatic heterocycles. The third kappa shape index (κ3) is 3.62. The average Bonchev–Trinajstić information content (AvgIpc) is 2.46. The number of sulfone groups is 1. The molecule has 0 unspecified atom stereocenters. The summed E-state index contributed by atoms with van der Waals surface area (Å²) in [6, 6.07) is 11.0. The summed E-state index contributed by atoms with van der Waals surface area (Å²) in [5, 5.41) is 12.0. The topological polar surface area (TPSA) is 70.0 Å². The summed E-state index contributed by atoms with van der Waals surface area (Å²) in [6.07, 6.45) is 1.16. The summed E-state index contributed by atoms with van der Waals surface area (Å²) in [6.45, 7) is 2.22. The first-order chi connectivity index (χ1) is 10.3. The van der Waals surface area contributed by atoms with Gasteiger partial charge in [0.05, 0.1) is 10.5 Å². The SMILES string of the molecule is Cc1cc(S(C)(=O)=O)ccc1NCc1ccc(F)c(C#N)c1. The van der Waals surface area contributed by atoms with E-state index in [0.29, 0.717) is 6.54 Å². The standard InChI is InChI=1S/C16H15FN2O2S/c1-11-7-14(22(2,20)21)4-6-16(11)19-10-12-3-5-15(17)13(8-12)9-18/h3-8,19H,10H2,1-2H3. The molecule has 0 spiro atoms. The number of hydrogen-bond acceptors (Lipinski definition) is 4. The van der Waals surface area contributed by atoms with Gasteiger partial charge in [0.1, 0.15) is 11.9 Å². The number of anilines is 1. The van der Waals surface area contributed by atoms with Gasteiger partial charge in [-0.3, -0.25) is 0 Å². The van der Waals surface area contributed by atoms with E-state index in [1.54, 1.807) is 24.3 Å². The molecule has 2 aromatic carbocycles. The van der Waals surface area contributed by atoms with E-state index < -0.39 is 15.7 Å². The third-order valence-electron chi connectivity index (χ3n) is 3.26. The number of rotatable bonds is 4. The molecule has 0 heterocycles. The molecule has 0 bridgehead atoms. The highest BCUT2D eigenvalue weighted by atomic mass is 32.2. The van der Waals surface area contributed by atoms with E-state index in [1.807, 2.05) is 6.92 Å². The quantitative estimate of drug-likeness (QED) is 0.940. The van der Waals surface area contributed by atoms with Crippen LogP contribution in [0.25, 0.3) is 0 Å². The van der Waals surface area contributed by atoms with Crippen LogP contribution in [0.4, 0.5) is 10.1 Å². The van der Waals surface area contributed by atoms with Gasteiger partial charge >= 0.3 is 0 Å². The Labute approximate surface area is 129 Å². The van der Waals surface area contributed by atoms with Crippen LogP contribution < -0.4 is 5.32 Å². The van der Waals surface area contributed by atoms with Crippen molar-refractivity contribution < 1.29 is 12.8 Å². The van der Waals surface area contributed by atoms with Gasteiger partial charge in [-0.15, -0.1) is 0 Å². The normalized spacial score (nSPS) is 11.0. The van der Waals surface area contributed by atoms with Crippen molar-refractivity contribution in [3.63, 3.8) is 0 Å². The molecule has 1 N–H and O–H groups in total. The first-order valence-electron chi connectivity index (χ1n) is 6.54. The van der Waals surface area contributed by atoms with E-state index in [9.17, 15) is 12.8 Å². The minimum Gasteiger partial charge on any atom is -0.381 e. The number of hydrogen-bond donors (Lipinski definition) is 1. The van der Waals surface area contributed by atoms with Crippen molar-refractivity contribution in [3.8, 4) is 6.07 Å². The summed E-state index contributed by atoms with van der Waals surface area (Å²) >= 11 is 0. The van der Waals surface area contributed by atoms with Crippen molar-refractivity contribution in [2.45, 2.75) is 18.4 Å². The van der Waals surface area contributed by atoms with Gasteiger partial charge in [-0.2, -0.15) is 5.26 Å². The molecule has 0 fully saturated rings. The van der Waals surface area contributed by atoms with Gasteiger partial charge in [0.15, 0.2) is 9.84 Å². The Morgan fingerprint density at radius 2 is 1.95 bits per heavy atom. The first kappa shape index (κ1) is 16.0. The molecule has 2 aromatic rings. The minimum absolute atomic E-state index is 0.00319. The average molecular weight is 318 g/mol. The molecule has 0 aliphatic rings. The van der Waals surface area contributed by atoms with Gasteiger partial charge in [-0.25, -0.2) is 12.8 Å². The highest BCUT2D eigenvalue weighted by Gasteiger charge is 2.09. The Balaban J connectivity index is 2.17. The van der Waals surface area contributed by atoms with Gasteiger partial charge in [-0.05, 0) is 48.4 Å². The molecule has 0 amide bonds. The van der Waals surface area contributed by atoms with E-state index in [0.717, 1.165) is 23.1 Å². The summed E-state index contributed by atoms with van der Waals surface area (Å²) in [5.74, 6) is -0.542. The van der Waals surface area contributed by atoms with Crippen LogP contribution in [-0.2, 0) is 16.4 Å². The second-order valence-electron chi connectivity index (χ2n) is 5.03. The fourth-order valence-electron chi connectivity index (χ4n) is 2.03. The van der Waals surface area contributed by atoms with Gasteiger partial charge in [0.25, 0.3) is 0 Å². The predicted octanol–water partition coefficient (Wildman–Crippen LogP) is 3.02. The molecule has 6 heteroatoms. The minimum atomic E-state index is -3.23. The Hall–Kier alpha value is -2.39. The van der Waals surface area contributed by atoms with Crippen LogP contribution in [0.3, 0.4) is 0 Å². The Morgan fingerprint density at radius 1 is 1.23 bits per heavy atom. The van der Waals surface area contributed by atoms with Crippen molar-refractivity contribution in [1.29, 1.82) is 5.26 Å². The van der Waals surface area contributed by atoms with Crippen molar-refractivity contribution in [2.75, 3.05) is 11.6 Å². The largest absolute Gasteiger partial charge is 0.381 e. The highest BCUT2D eigenvalue weighted by Crippen LogP contribution is 2.20. The van der Waals surface area contributed by atoms with E-state index >= 15 is 0 Å².